The number of carboxylic acid groups (broad SMARTS) is 1. The van der Waals surface area contributed by atoms with Crippen molar-refractivity contribution in [3.8, 4) is 0 Å². The number of nitrogens with zero attached hydrogens (tertiary/aromatic N) is 1. The summed E-state index contributed by atoms with van der Waals surface area (Å²) in [5.74, 6) is -1.12. The van der Waals surface area contributed by atoms with Gasteiger partial charge in [-0.1, -0.05) is 23.2 Å². The Morgan fingerprint density at radius 2 is 1.62 bits per heavy atom. The van der Waals surface area contributed by atoms with Gasteiger partial charge in [0.2, 0.25) is 0 Å². The minimum absolute atomic E-state index is 0.0376. The molecule has 2 amide bonds. The fraction of sp³-hybridized carbons (Fsp3) is 0.385. The predicted molar refractivity (Wildman–Crippen MR) is 82.8 cm³/mol. The van der Waals surface area contributed by atoms with Crippen LogP contribution in [0.2, 0.25) is 10.0 Å². The molecule has 0 aromatic heterocycles. The molecular weight excluding hydrogens is 317 g/mol. The molecule has 1 heterocycles. The van der Waals surface area contributed by atoms with Crippen molar-refractivity contribution in [1.29, 1.82) is 0 Å². The second-order valence-electron chi connectivity index (χ2n) is 4.54. The van der Waals surface area contributed by atoms with Crippen LogP contribution in [0.3, 0.4) is 0 Å². The lowest BCUT2D eigenvalue weighted by Crippen LogP contribution is -2.39. The van der Waals surface area contributed by atoms with Crippen molar-refractivity contribution in [3.63, 3.8) is 0 Å². The van der Waals surface area contributed by atoms with Gasteiger partial charge in [0, 0.05) is 18.8 Å². The van der Waals surface area contributed by atoms with Crippen molar-refractivity contribution in [1.82, 2.24) is 4.90 Å². The summed E-state index contributed by atoms with van der Waals surface area (Å²) in [5.41, 5.74) is 10.5. The van der Waals surface area contributed by atoms with Crippen LogP contribution >= 0.6 is 23.2 Å². The Morgan fingerprint density at radius 1 is 1.10 bits per heavy atom. The molecule has 116 valence electrons. The molecule has 21 heavy (non-hydrogen) atoms. The first-order chi connectivity index (χ1) is 9.82. The number of piperidine rings is 1. The number of hydrogen-bond acceptors (Lipinski definition) is 3. The minimum atomic E-state index is -1.12. The molecule has 0 aliphatic carbocycles. The lowest BCUT2D eigenvalue weighted by atomic mass is 10.1. The number of anilines is 1. The summed E-state index contributed by atoms with van der Waals surface area (Å²) in [6.45, 7) is 1.71. The normalized spacial score (nSPS) is 14.1. The third-order valence-corrected chi connectivity index (χ3v) is 3.71. The number of urea groups is 1. The Morgan fingerprint density at radius 3 is 2.05 bits per heavy atom. The van der Waals surface area contributed by atoms with E-state index in [2.05, 4.69) is 0 Å². The van der Waals surface area contributed by atoms with Gasteiger partial charge in [0.1, 0.15) is 0 Å². The molecule has 0 unspecified atom stereocenters. The highest BCUT2D eigenvalue weighted by atomic mass is 35.5. The molecule has 0 saturated carbocycles. The maximum absolute atomic E-state index is 10.5. The maximum Gasteiger partial charge on any atom is 0.337 e. The number of carbonyl (C=O) groups excluding carboxylic acids is 1. The molecule has 5 N–H and O–H groups in total. The minimum Gasteiger partial charge on any atom is -0.478 e. The number of amides is 2. The number of carboxylic acids is 1. The van der Waals surface area contributed by atoms with E-state index in [4.69, 9.17) is 39.8 Å². The van der Waals surface area contributed by atoms with E-state index in [1.54, 1.807) is 4.90 Å². The van der Waals surface area contributed by atoms with Gasteiger partial charge in [-0.2, -0.15) is 0 Å². The second kappa shape index (κ2) is 7.95. The highest BCUT2D eigenvalue weighted by Gasteiger charge is 2.12. The van der Waals surface area contributed by atoms with Crippen molar-refractivity contribution >= 4 is 40.9 Å². The molecule has 8 heteroatoms. The predicted octanol–water partition coefficient (Wildman–Crippen LogP) is 2.82. The molecule has 6 nitrogen and oxygen atoms in total. The number of nitrogen functional groups attached to an aromatic ring is 1. The highest BCUT2D eigenvalue weighted by molar-refractivity contribution is 6.42. The van der Waals surface area contributed by atoms with E-state index in [9.17, 15) is 9.59 Å². The van der Waals surface area contributed by atoms with Crippen LogP contribution in [-0.4, -0.2) is 35.1 Å². The van der Waals surface area contributed by atoms with Gasteiger partial charge in [-0.05, 0) is 31.4 Å². The second-order valence-corrected chi connectivity index (χ2v) is 5.36. The largest absolute Gasteiger partial charge is 0.478 e. The zero-order valence-corrected chi connectivity index (χ0v) is 12.8. The summed E-state index contributed by atoms with van der Waals surface area (Å²) in [6, 6.07) is 2.27. The molecule has 0 atom stereocenters. The summed E-state index contributed by atoms with van der Waals surface area (Å²) in [4.78, 5) is 22.7. The summed E-state index contributed by atoms with van der Waals surface area (Å²) in [7, 11) is 0. The Kier molecular flexibility index (Phi) is 6.58. The van der Waals surface area contributed by atoms with Crippen LogP contribution in [-0.2, 0) is 0 Å². The van der Waals surface area contributed by atoms with Crippen molar-refractivity contribution < 1.29 is 14.7 Å². The van der Waals surface area contributed by atoms with Crippen molar-refractivity contribution in [3.05, 3.63) is 27.7 Å². The third-order valence-electron chi connectivity index (χ3n) is 2.99. The highest BCUT2D eigenvalue weighted by Crippen LogP contribution is 2.27. The Labute approximate surface area is 132 Å². The monoisotopic (exact) mass is 333 g/mol. The van der Waals surface area contributed by atoms with Crippen LogP contribution in [0.15, 0.2) is 12.1 Å². The van der Waals surface area contributed by atoms with Gasteiger partial charge in [0.05, 0.1) is 15.6 Å². The van der Waals surface area contributed by atoms with Gasteiger partial charge in [-0.15, -0.1) is 0 Å². The molecule has 1 aliphatic rings. The molecular formula is C13H17Cl2N3O3. The van der Waals surface area contributed by atoms with E-state index < -0.39 is 5.97 Å². The molecule has 1 saturated heterocycles. The van der Waals surface area contributed by atoms with Crippen LogP contribution in [0.5, 0.6) is 0 Å². The van der Waals surface area contributed by atoms with Crippen LogP contribution in [0.4, 0.5) is 10.5 Å². The summed E-state index contributed by atoms with van der Waals surface area (Å²) in [5, 5.41) is 9.03. The van der Waals surface area contributed by atoms with Gasteiger partial charge in [-0.3, -0.25) is 0 Å². The van der Waals surface area contributed by atoms with Crippen LogP contribution in [0.25, 0.3) is 0 Å². The smallest absolute Gasteiger partial charge is 0.337 e. The van der Waals surface area contributed by atoms with Gasteiger partial charge < -0.3 is 21.5 Å². The standard InChI is InChI=1S/C7H5Cl2NO2.C6H12N2O/c8-4-1-3(7(11)12)6(10)2-5(4)9;7-6(9)8-4-2-1-3-5-8/h1-2H,10H2,(H,11,12);1-5H2,(H2,7,9). The molecule has 1 aliphatic heterocycles. The van der Waals surface area contributed by atoms with Crippen molar-refractivity contribution in [2.45, 2.75) is 19.3 Å². The summed E-state index contributed by atoms with van der Waals surface area (Å²) < 4.78 is 0. The number of aromatic carboxylic acids is 1. The molecule has 1 aromatic rings. The van der Waals surface area contributed by atoms with Gasteiger partial charge >= 0.3 is 12.0 Å². The van der Waals surface area contributed by atoms with Crippen LogP contribution in [0.1, 0.15) is 29.6 Å². The number of hydrogen-bond donors (Lipinski definition) is 3. The Balaban J connectivity index is 0.000000219. The van der Waals surface area contributed by atoms with Gasteiger partial charge in [0.25, 0.3) is 0 Å². The van der Waals surface area contributed by atoms with Gasteiger partial charge in [0.15, 0.2) is 0 Å². The third kappa shape index (κ3) is 5.32. The molecule has 1 fully saturated rings. The summed E-state index contributed by atoms with van der Waals surface area (Å²) >= 11 is 11.2. The first-order valence-electron chi connectivity index (χ1n) is 6.35. The Bertz CT molecular complexity index is 532. The van der Waals surface area contributed by atoms with E-state index in [0.29, 0.717) is 0 Å². The van der Waals surface area contributed by atoms with Crippen LogP contribution in [0, 0.1) is 0 Å². The molecule has 0 bridgehead atoms. The van der Waals surface area contributed by atoms with Gasteiger partial charge in [-0.25, -0.2) is 9.59 Å². The zero-order chi connectivity index (χ0) is 16.0. The van der Waals surface area contributed by atoms with Crippen molar-refractivity contribution in [2.75, 3.05) is 18.8 Å². The van der Waals surface area contributed by atoms with E-state index in [1.807, 2.05) is 0 Å². The van der Waals surface area contributed by atoms with E-state index in [-0.39, 0.29) is 27.3 Å². The van der Waals surface area contributed by atoms with Crippen molar-refractivity contribution in [2.24, 2.45) is 5.73 Å². The molecule has 1 aromatic carbocycles. The van der Waals surface area contributed by atoms with Crippen LogP contribution < -0.4 is 11.5 Å². The number of benzene rings is 1. The topological polar surface area (TPSA) is 110 Å². The lowest BCUT2D eigenvalue weighted by molar-refractivity contribution is 0.0698. The van der Waals surface area contributed by atoms with E-state index in [1.165, 1.54) is 18.6 Å². The SMILES string of the molecule is NC(=O)N1CCCCC1.Nc1cc(Cl)c(Cl)cc1C(=O)O. The fourth-order valence-electron chi connectivity index (χ4n) is 1.86. The number of primary amides is 1. The van der Waals surface area contributed by atoms with E-state index in [0.717, 1.165) is 25.9 Å². The lowest BCUT2D eigenvalue weighted by Gasteiger charge is -2.24. The zero-order valence-electron chi connectivity index (χ0n) is 11.3. The number of nitrogens with two attached hydrogens (primary N) is 2. The number of halogens is 2. The summed E-state index contributed by atoms with van der Waals surface area (Å²) in [6.07, 6.45) is 3.47. The maximum atomic E-state index is 10.5. The molecule has 2 rings (SSSR count). The average Bonchev–Trinajstić information content (AvgIpc) is 2.44. The van der Waals surface area contributed by atoms with E-state index >= 15 is 0 Å². The molecule has 0 radical (unpaired) electrons. The quantitative estimate of drug-likeness (QED) is 0.686. The fourth-order valence-corrected chi connectivity index (χ4v) is 2.20. The number of rotatable bonds is 1. The first kappa shape index (κ1) is 17.4. The first-order valence-corrected chi connectivity index (χ1v) is 7.10. The number of likely N-dealkylation sites (tertiary alicyclic amines) is 1. The number of carbonyl (C=O) groups is 2. The average molecular weight is 334 g/mol. The molecule has 0 spiro atoms. The Hall–Kier alpha value is -1.66.